The summed E-state index contributed by atoms with van der Waals surface area (Å²) >= 11 is 1.73. The predicted octanol–water partition coefficient (Wildman–Crippen LogP) is 5.94. The van der Waals surface area contributed by atoms with Gasteiger partial charge in [0.1, 0.15) is 5.82 Å². The second-order valence-electron chi connectivity index (χ2n) is 4.89. The van der Waals surface area contributed by atoms with Crippen LogP contribution in [0.3, 0.4) is 0 Å². The van der Waals surface area contributed by atoms with Crippen LogP contribution in [0.5, 0.6) is 0 Å². The van der Waals surface area contributed by atoms with Crippen LogP contribution in [0.4, 0.5) is 15.8 Å². The second-order valence-corrected chi connectivity index (χ2v) is 5.94. The average Bonchev–Trinajstić information content (AvgIpc) is 2.89. The maximum atomic E-state index is 13.8. The number of rotatable bonds is 2. The van der Waals surface area contributed by atoms with Crippen molar-refractivity contribution in [3.63, 3.8) is 0 Å². The Morgan fingerprint density at radius 2 is 1.43 bits per heavy atom. The number of nitrogens with one attached hydrogen (secondary N) is 1. The summed E-state index contributed by atoms with van der Waals surface area (Å²) in [4.78, 5) is 0. The van der Waals surface area contributed by atoms with Crippen LogP contribution in [0.25, 0.3) is 20.2 Å². The molecule has 0 saturated carbocycles. The van der Waals surface area contributed by atoms with Crippen LogP contribution >= 0.6 is 11.3 Å². The van der Waals surface area contributed by atoms with Crippen LogP contribution in [-0.4, -0.2) is 0 Å². The van der Waals surface area contributed by atoms with Crippen molar-refractivity contribution in [1.82, 2.24) is 0 Å². The fourth-order valence-corrected chi connectivity index (χ4v) is 3.72. The number of para-hydroxylation sites is 1. The van der Waals surface area contributed by atoms with Crippen LogP contribution in [0.1, 0.15) is 0 Å². The molecule has 0 aliphatic heterocycles. The molecule has 1 N–H and O–H groups in total. The molecular weight excluding hydrogens is 281 g/mol. The molecule has 0 saturated heterocycles. The van der Waals surface area contributed by atoms with Crippen LogP contribution in [0.15, 0.2) is 66.7 Å². The molecule has 0 aliphatic rings. The van der Waals surface area contributed by atoms with E-state index in [9.17, 15) is 4.39 Å². The average molecular weight is 293 g/mol. The highest BCUT2D eigenvalue weighted by Crippen LogP contribution is 2.39. The minimum absolute atomic E-state index is 0.240. The Hall–Kier alpha value is -2.39. The van der Waals surface area contributed by atoms with E-state index in [0.717, 1.165) is 10.4 Å². The van der Waals surface area contributed by atoms with E-state index in [-0.39, 0.29) is 5.82 Å². The lowest BCUT2D eigenvalue weighted by molar-refractivity contribution is 0.632. The van der Waals surface area contributed by atoms with E-state index in [4.69, 9.17) is 0 Å². The van der Waals surface area contributed by atoms with E-state index in [0.29, 0.717) is 5.69 Å². The molecule has 0 aliphatic carbocycles. The third-order valence-electron chi connectivity index (χ3n) is 3.55. The quantitative estimate of drug-likeness (QED) is 0.482. The van der Waals surface area contributed by atoms with Gasteiger partial charge in [0.2, 0.25) is 0 Å². The number of anilines is 2. The Kier molecular flexibility index (Phi) is 2.86. The first kappa shape index (κ1) is 12.4. The molecular formula is C18H12FNS. The van der Waals surface area contributed by atoms with E-state index in [1.54, 1.807) is 23.5 Å². The number of benzene rings is 3. The summed E-state index contributed by atoms with van der Waals surface area (Å²) in [5, 5.41) is 5.66. The normalized spacial score (nSPS) is 11.1. The van der Waals surface area contributed by atoms with Crippen LogP contribution in [0, 0.1) is 5.82 Å². The highest BCUT2D eigenvalue weighted by molar-refractivity contribution is 7.26. The highest BCUT2D eigenvalue weighted by atomic mass is 32.1. The molecule has 0 spiro atoms. The Morgan fingerprint density at radius 1 is 0.714 bits per heavy atom. The number of hydrogen-bond acceptors (Lipinski definition) is 2. The number of halogens is 1. The summed E-state index contributed by atoms with van der Waals surface area (Å²) in [5.41, 5.74) is 1.45. The van der Waals surface area contributed by atoms with Crippen molar-refractivity contribution in [1.29, 1.82) is 0 Å². The molecule has 4 aromatic rings. The van der Waals surface area contributed by atoms with Gasteiger partial charge in [-0.25, -0.2) is 4.39 Å². The van der Waals surface area contributed by atoms with Crippen molar-refractivity contribution in [3.05, 3.63) is 72.5 Å². The smallest absolute Gasteiger partial charge is 0.146 e. The molecule has 102 valence electrons. The van der Waals surface area contributed by atoms with Gasteiger partial charge in [-0.3, -0.25) is 0 Å². The minimum Gasteiger partial charge on any atom is -0.352 e. The summed E-state index contributed by atoms with van der Waals surface area (Å²) in [7, 11) is 0. The molecule has 0 bridgehead atoms. The van der Waals surface area contributed by atoms with E-state index in [1.807, 2.05) is 30.3 Å². The third kappa shape index (κ3) is 2.06. The Balaban J connectivity index is 1.91. The Labute approximate surface area is 125 Å². The topological polar surface area (TPSA) is 12.0 Å². The van der Waals surface area contributed by atoms with Gasteiger partial charge in [0.05, 0.1) is 16.1 Å². The number of hydrogen-bond donors (Lipinski definition) is 1. The molecule has 0 amide bonds. The molecule has 1 nitrogen and oxygen atoms in total. The molecule has 21 heavy (non-hydrogen) atoms. The summed E-state index contributed by atoms with van der Waals surface area (Å²) in [6.45, 7) is 0. The monoisotopic (exact) mass is 293 g/mol. The molecule has 3 heteroatoms. The zero-order chi connectivity index (χ0) is 14.2. The van der Waals surface area contributed by atoms with Crippen molar-refractivity contribution in [2.75, 3.05) is 5.32 Å². The molecule has 1 aromatic heterocycles. The maximum Gasteiger partial charge on any atom is 0.146 e. The first-order valence-corrected chi connectivity index (χ1v) is 7.56. The SMILES string of the molecule is Fc1ccccc1Nc1cccc2c1sc1ccccc12. The standard InChI is InChI=1S/C18H12FNS/c19-14-8-2-3-9-15(14)20-16-10-5-7-13-12-6-1-4-11-17(12)21-18(13)16/h1-11,20H. The molecule has 0 fully saturated rings. The fourth-order valence-electron chi connectivity index (χ4n) is 2.55. The predicted molar refractivity (Wildman–Crippen MR) is 89.0 cm³/mol. The molecule has 3 aromatic carbocycles. The Bertz CT molecular complexity index is 942. The van der Waals surface area contributed by atoms with Crippen LogP contribution in [0.2, 0.25) is 0 Å². The van der Waals surface area contributed by atoms with Gasteiger partial charge in [0.25, 0.3) is 0 Å². The zero-order valence-corrected chi connectivity index (χ0v) is 12.0. The van der Waals surface area contributed by atoms with E-state index in [2.05, 4.69) is 23.5 Å². The molecule has 0 radical (unpaired) electrons. The van der Waals surface area contributed by atoms with E-state index >= 15 is 0 Å². The largest absolute Gasteiger partial charge is 0.352 e. The van der Waals surface area contributed by atoms with Gasteiger partial charge >= 0.3 is 0 Å². The van der Waals surface area contributed by atoms with Crippen molar-refractivity contribution in [3.8, 4) is 0 Å². The van der Waals surface area contributed by atoms with Crippen molar-refractivity contribution in [2.45, 2.75) is 0 Å². The van der Waals surface area contributed by atoms with Crippen LogP contribution < -0.4 is 5.32 Å². The maximum absolute atomic E-state index is 13.8. The molecule has 0 unspecified atom stereocenters. The minimum atomic E-state index is -0.240. The first-order chi connectivity index (χ1) is 10.3. The number of fused-ring (bicyclic) bond motifs is 3. The Morgan fingerprint density at radius 3 is 2.33 bits per heavy atom. The molecule has 0 atom stereocenters. The lowest BCUT2D eigenvalue weighted by atomic mass is 10.1. The van der Waals surface area contributed by atoms with Crippen molar-refractivity contribution < 1.29 is 4.39 Å². The summed E-state index contributed by atoms with van der Waals surface area (Å²) in [5.74, 6) is -0.240. The molecule has 4 rings (SSSR count). The summed E-state index contributed by atoms with van der Waals surface area (Å²) < 4.78 is 16.2. The van der Waals surface area contributed by atoms with Crippen molar-refractivity contribution in [2.24, 2.45) is 0 Å². The highest BCUT2D eigenvalue weighted by Gasteiger charge is 2.09. The van der Waals surface area contributed by atoms with Gasteiger partial charge in [-0.2, -0.15) is 0 Å². The van der Waals surface area contributed by atoms with Crippen LogP contribution in [-0.2, 0) is 0 Å². The second kappa shape index (κ2) is 4.86. The first-order valence-electron chi connectivity index (χ1n) is 6.75. The van der Waals surface area contributed by atoms with Crippen molar-refractivity contribution >= 4 is 42.9 Å². The van der Waals surface area contributed by atoms with E-state index < -0.39 is 0 Å². The van der Waals surface area contributed by atoms with Gasteiger partial charge < -0.3 is 5.32 Å². The van der Waals surface area contributed by atoms with E-state index in [1.165, 1.54) is 21.5 Å². The van der Waals surface area contributed by atoms with Gasteiger partial charge in [-0.1, -0.05) is 42.5 Å². The van der Waals surface area contributed by atoms with Gasteiger partial charge in [-0.15, -0.1) is 11.3 Å². The zero-order valence-electron chi connectivity index (χ0n) is 11.1. The lowest BCUT2D eigenvalue weighted by Gasteiger charge is -2.08. The summed E-state index contributed by atoms with van der Waals surface area (Å²) in [6, 6.07) is 21.2. The summed E-state index contributed by atoms with van der Waals surface area (Å²) in [6.07, 6.45) is 0. The fraction of sp³-hybridized carbons (Fsp3) is 0. The molecule has 1 heterocycles. The van der Waals surface area contributed by atoms with Gasteiger partial charge in [0, 0.05) is 15.5 Å². The lowest BCUT2D eigenvalue weighted by Crippen LogP contribution is -1.93. The third-order valence-corrected chi connectivity index (χ3v) is 4.77. The van der Waals surface area contributed by atoms with Gasteiger partial charge in [-0.05, 0) is 24.3 Å². The van der Waals surface area contributed by atoms with Gasteiger partial charge in [0.15, 0.2) is 0 Å². The number of thiophene rings is 1.